The molecule has 1 aromatic rings. The number of hydrogen-bond donors (Lipinski definition) is 1. The summed E-state index contributed by atoms with van der Waals surface area (Å²) in [5, 5.41) is 2.20. The third-order valence-electron chi connectivity index (χ3n) is 2.09. The lowest BCUT2D eigenvalue weighted by atomic mass is 10.2. The highest BCUT2D eigenvalue weighted by Gasteiger charge is 2.07. The first-order chi connectivity index (χ1) is 8.13. The normalized spacial score (nSPS) is 10.8. The average Bonchev–Trinajstić information content (AvgIpc) is 2.30. The quantitative estimate of drug-likeness (QED) is 0.490. The molecule has 0 fully saturated rings. The molecule has 90 valence electrons. The molecule has 1 rings (SSSR count). The summed E-state index contributed by atoms with van der Waals surface area (Å²) in [6.45, 7) is 0.488. The van der Waals surface area contributed by atoms with Gasteiger partial charge in [-0.1, -0.05) is 41.9 Å². The molecule has 0 aliphatic heterocycles. The molecule has 0 bridgehead atoms. The van der Waals surface area contributed by atoms with Gasteiger partial charge in [0, 0.05) is 19.7 Å². The maximum atomic E-state index is 11.6. The van der Waals surface area contributed by atoms with E-state index in [1.54, 1.807) is 7.05 Å². The number of amides is 2. The van der Waals surface area contributed by atoms with Crippen LogP contribution in [-0.4, -0.2) is 24.3 Å². The van der Waals surface area contributed by atoms with Crippen molar-refractivity contribution in [2.45, 2.75) is 6.54 Å². The van der Waals surface area contributed by atoms with Gasteiger partial charge >= 0.3 is 0 Å². The van der Waals surface area contributed by atoms with Gasteiger partial charge in [-0.05, 0) is 5.56 Å². The maximum absolute atomic E-state index is 11.6. The number of nitrogens with zero attached hydrogens (tertiary/aromatic N) is 1. The summed E-state index contributed by atoms with van der Waals surface area (Å²) in [5.74, 6) is -0.270. The SMILES string of the molecule is CN(Cc1ccccc1)C(=O)/C=C(/Cl)NC=O. The minimum absolute atomic E-state index is 0.00455. The molecule has 0 aliphatic carbocycles. The Morgan fingerprint density at radius 2 is 2.06 bits per heavy atom. The Labute approximate surface area is 105 Å². The van der Waals surface area contributed by atoms with E-state index in [4.69, 9.17) is 11.6 Å². The van der Waals surface area contributed by atoms with E-state index in [-0.39, 0.29) is 11.1 Å². The van der Waals surface area contributed by atoms with Gasteiger partial charge < -0.3 is 10.2 Å². The minimum atomic E-state index is -0.270. The van der Waals surface area contributed by atoms with E-state index in [1.807, 2.05) is 30.3 Å². The molecule has 0 unspecified atom stereocenters. The number of halogens is 1. The predicted octanol–water partition coefficient (Wildman–Crippen LogP) is 1.47. The van der Waals surface area contributed by atoms with Crippen LogP contribution in [0.4, 0.5) is 0 Å². The van der Waals surface area contributed by atoms with Crippen LogP contribution in [0.2, 0.25) is 0 Å². The van der Waals surface area contributed by atoms with Gasteiger partial charge in [0.15, 0.2) is 0 Å². The monoisotopic (exact) mass is 252 g/mol. The second-order valence-corrected chi connectivity index (χ2v) is 3.84. The summed E-state index contributed by atoms with van der Waals surface area (Å²) in [5.41, 5.74) is 1.02. The Balaban J connectivity index is 2.59. The van der Waals surface area contributed by atoms with Crippen molar-refractivity contribution in [3.05, 3.63) is 47.1 Å². The second kappa shape index (κ2) is 6.70. The van der Waals surface area contributed by atoms with Gasteiger partial charge in [-0.3, -0.25) is 9.59 Å². The fourth-order valence-corrected chi connectivity index (χ4v) is 1.39. The van der Waals surface area contributed by atoms with Gasteiger partial charge in [-0.25, -0.2) is 0 Å². The van der Waals surface area contributed by atoms with Crippen LogP contribution in [0.25, 0.3) is 0 Å². The van der Waals surface area contributed by atoms with Crippen molar-refractivity contribution in [3.8, 4) is 0 Å². The molecular weight excluding hydrogens is 240 g/mol. The van der Waals surface area contributed by atoms with Crippen LogP contribution in [0.5, 0.6) is 0 Å². The Morgan fingerprint density at radius 3 is 2.65 bits per heavy atom. The lowest BCUT2D eigenvalue weighted by Crippen LogP contribution is -2.25. The van der Waals surface area contributed by atoms with E-state index in [0.29, 0.717) is 13.0 Å². The number of nitrogens with one attached hydrogen (secondary N) is 1. The zero-order valence-corrected chi connectivity index (χ0v) is 10.1. The van der Waals surface area contributed by atoms with E-state index in [0.717, 1.165) is 5.56 Å². The summed E-state index contributed by atoms with van der Waals surface area (Å²) in [4.78, 5) is 23.2. The molecule has 4 nitrogen and oxygen atoms in total. The van der Waals surface area contributed by atoms with Crippen molar-refractivity contribution in [1.82, 2.24) is 10.2 Å². The molecule has 0 atom stereocenters. The molecule has 2 amide bonds. The van der Waals surface area contributed by atoms with E-state index in [1.165, 1.54) is 11.0 Å². The van der Waals surface area contributed by atoms with Gasteiger partial charge in [0.05, 0.1) is 0 Å². The fraction of sp³-hybridized carbons (Fsp3) is 0.167. The molecule has 0 aliphatic rings. The number of carbonyl (C=O) groups excluding carboxylic acids is 2. The highest BCUT2D eigenvalue weighted by Crippen LogP contribution is 2.04. The van der Waals surface area contributed by atoms with E-state index in [9.17, 15) is 9.59 Å². The standard InChI is InChI=1S/C12H13ClN2O2/c1-15(8-10-5-3-2-4-6-10)12(17)7-11(13)14-9-16/h2-7,9H,8H2,1H3,(H,14,16)/b11-7-. The van der Waals surface area contributed by atoms with Gasteiger partial charge in [-0.2, -0.15) is 0 Å². The Morgan fingerprint density at radius 1 is 1.41 bits per heavy atom. The van der Waals surface area contributed by atoms with Crippen molar-refractivity contribution >= 4 is 23.9 Å². The number of likely N-dealkylation sites (N-methyl/N-ethyl adjacent to an activating group) is 1. The fourth-order valence-electron chi connectivity index (χ4n) is 1.25. The number of carbonyl (C=O) groups is 2. The molecule has 5 heteroatoms. The molecule has 0 spiro atoms. The first kappa shape index (κ1) is 13.3. The molecule has 0 aromatic heterocycles. The van der Waals surface area contributed by atoms with Crippen molar-refractivity contribution < 1.29 is 9.59 Å². The van der Waals surface area contributed by atoms with Gasteiger partial charge in [0.2, 0.25) is 12.3 Å². The van der Waals surface area contributed by atoms with Gasteiger partial charge in [-0.15, -0.1) is 0 Å². The average molecular weight is 253 g/mol. The zero-order chi connectivity index (χ0) is 12.7. The van der Waals surface area contributed by atoms with Crippen LogP contribution in [-0.2, 0) is 16.1 Å². The lowest BCUT2D eigenvalue weighted by molar-refractivity contribution is -0.125. The molecule has 17 heavy (non-hydrogen) atoms. The van der Waals surface area contributed by atoms with Crippen molar-refractivity contribution in [2.75, 3.05) is 7.05 Å². The van der Waals surface area contributed by atoms with Crippen LogP contribution < -0.4 is 5.32 Å². The molecule has 1 N–H and O–H groups in total. The zero-order valence-electron chi connectivity index (χ0n) is 9.39. The summed E-state index contributed by atoms with van der Waals surface area (Å²) < 4.78 is 0. The Hall–Kier alpha value is -1.81. The van der Waals surface area contributed by atoms with Crippen LogP contribution in [0.15, 0.2) is 41.6 Å². The van der Waals surface area contributed by atoms with Crippen LogP contribution in [0.3, 0.4) is 0 Å². The summed E-state index contributed by atoms with van der Waals surface area (Å²) >= 11 is 5.59. The predicted molar refractivity (Wildman–Crippen MR) is 66.1 cm³/mol. The maximum Gasteiger partial charge on any atom is 0.249 e. The van der Waals surface area contributed by atoms with Crippen molar-refractivity contribution in [1.29, 1.82) is 0 Å². The Bertz CT molecular complexity index is 418. The molecule has 0 radical (unpaired) electrons. The smallest absolute Gasteiger partial charge is 0.249 e. The largest absolute Gasteiger partial charge is 0.338 e. The summed E-state index contributed by atoms with van der Waals surface area (Å²) in [7, 11) is 1.66. The van der Waals surface area contributed by atoms with Gasteiger partial charge in [0.1, 0.15) is 5.16 Å². The van der Waals surface area contributed by atoms with Crippen LogP contribution >= 0.6 is 11.6 Å². The van der Waals surface area contributed by atoms with Crippen LogP contribution in [0.1, 0.15) is 5.56 Å². The van der Waals surface area contributed by atoms with Crippen molar-refractivity contribution in [2.24, 2.45) is 0 Å². The second-order valence-electron chi connectivity index (χ2n) is 3.43. The van der Waals surface area contributed by atoms with Crippen molar-refractivity contribution in [3.63, 3.8) is 0 Å². The molecular formula is C12H13ClN2O2. The number of benzene rings is 1. The minimum Gasteiger partial charge on any atom is -0.338 e. The molecule has 1 aromatic carbocycles. The first-order valence-electron chi connectivity index (χ1n) is 5.00. The van der Waals surface area contributed by atoms with Crippen LogP contribution in [0, 0.1) is 0 Å². The number of rotatable bonds is 5. The third-order valence-corrected chi connectivity index (χ3v) is 2.30. The third kappa shape index (κ3) is 4.70. The van der Waals surface area contributed by atoms with E-state index < -0.39 is 0 Å². The highest BCUT2D eigenvalue weighted by molar-refractivity contribution is 6.31. The molecule has 0 saturated carbocycles. The van der Waals surface area contributed by atoms with Gasteiger partial charge in [0.25, 0.3) is 0 Å². The topological polar surface area (TPSA) is 49.4 Å². The molecule has 0 heterocycles. The first-order valence-corrected chi connectivity index (χ1v) is 5.37. The highest BCUT2D eigenvalue weighted by atomic mass is 35.5. The van der Waals surface area contributed by atoms with E-state index >= 15 is 0 Å². The lowest BCUT2D eigenvalue weighted by Gasteiger charge is -2.15. The Kier molecular flexibility index (Phi) is 5.23. The summed E-state index contributed by atoms with van der Waals surface area (Å²) in [6.07, 6.45) is 1.59. The molecule has 0 saturated heterocycles. The summed E-state index contributed by atoms with van der Waals surface area (Å²) in [6, 6.07) is 9.59. The van der Waals surface area contributed by atoms with E-state index in [2.05, 4.69) is 5.32 Å². The number of hydrogen-bond acceptors (Lipinski definition) is 2.